The Morgan fingerprint density at radius 2 is 1.88 bits per heavy atom. The van der Waals surface area contributed by atoms with Crippen LogP contribution in [0.5, 0.6) is 0 Å². The van der Waals surface area contributed by atoms with E-state index < -0.39 is 15.1 Å². The summed E-state index contributed by atoms with van der Waals surface area (Å²) in [4.78, 5) is 10.4. The number of hydrogen-bond acceptors (Lipinski definition) is 6. The van der Waals surface area contributed by atoms with E-state index in [0.717, 1.165) is 0 Å². The van der Waals surface area contributed by atoms with Gasteiger partial charge >= 0.3 is 0 Å². The number of hydrogen-bond donors (Lipinski definition) is 2. The number of para-hydroxylation sites is 2. The van der Waals surface area contributed by atoms with E-state index >= 15 is 0 Å². The van der Waals surface area contributed by atoms with Crippen LogP contribution < -0.4 is 10.0 Å². The van der Waals surface area contributed by atoms with Crippen LogP contribution in [0.1, 0.15) is 13.8 Å². The molecule has 0 spiro atoms. The Balaban J connectivity index is 1.86. The SMILES string of the molecule is C[C@@H]1CN(S(=O)(=O)NCCNc2ccccc2[N+](=O)[O-])C[C@@H](C)O1. The fourth-order valence-corrected chi connectivity index (χ4v) is 3.93. The van der Waals surface area contributed by atoms with Crippen LogP contribution in [0.2, 0.25) is 0 Å². The molecule has 0 amide bonds. The van der Waals surface area contributed by atoms with Crippen LogP contribution in [-0.4, -0.2) is 56.0 Å². The van der Waals surface area contributed by atoms with Gasteiger partial charge in [-0.05, 0) is 19.9 Å². The molecule has 2 rings (SSSR count). The van der Waals surface area contributed by atoms with E-state index in [9.17, 15) is 18.5 Å². The third kappa shape index (κ3) is 4.87. The summed E-state index contributed by atoms with van der Waals surface area (Å²) in [5, 5.41) is 13.8. The monoisotopic (exact) mass is 358 g/mol. The summed E-state index contributed by atoms with van der Waals surface area (Å²) in [6.45, 7) is 4.62. The molecule has 0 unspecified atom stereocenters. The number of nitro groups is 1. The predicted molar refractivity (Wildman–Crippen MR) is 90.1 cm³/mol. The van der Waals surface area contributed by atoms with Crippen molar-refractivity contribution in [2.75, 3.05) is 31.5 Å². The van der Waals surface area contributed by atoms with Crippen LogP contribution >= 0.6 is 0 Å². The molecule has 2 N–H and O–H groups in total. The van der Waals surface area contributed by atoms with Crippen LogP contribution in [0.4, 0.5) is 11.4 Å². The lowest BCUT2D eigenvalue weighted by atomic mass is 10.2. The molecule has 2 atom stereocenters. The number of nitrogens with one attached hydrogen (secondary N) is 2. The molecule has 134 valence electrons. The van der Waals surface area contributed by atoms with Gasteiger partial charge < -0.3 is 10.1 Å². The Morgan fingerprint density at radius 1 is 1.25 bits per heavy atom. The highest BCUT2D eigenvalue weighted by Crippen LogP contribution is 2.22. The van der Waals surface area contributed by atoms with E-state index in [2.05, 4.69) is 10.0 Å². The summed E-state index contributed by atoms with van der Waals surface area (Å²) in [6, 6.07) is 6.23. The Kier molecular flexibility index (Phi) is 6.10. The van der Waals surface area contributed by atoms with Gasteiger partial charge in [0.1, 0.15) is 5.69 Å². The van der Waals surface area contributed by atoms with E-state index in [4.69, 9.17) is 4.74 Å². The van der Waals surface area contributed by atoms with E-state index in [0.29, 0.717) is 18.8 Å². The van der Waals surface area contributed by atoms with Gasteiger partial charge in [0.25, 0.3) is 15.9 Å². The molecule has 1 aromatic rings. The third-order valence-corrected chi connectivity index (χ3v) is 5.10. The summed E-state index contributed by atoms with van der Waals surface area (Å²) in [5.74, 6) is 0. The van der Waals surface area contributed by atoms with Crippen LogP contribution in [0, 0.1) is 10.1 Å². The van der Waals surface area contributed by atoms with Crippen molar-refractivity contribution in [1.82, 2.24) is 9.03 Å². The minimum atomic E-state index is -3.60. The van der Waals surface area contributed by atoms with Crippen molar-refractivity contribution in [2.45, 2.75) is 26.1 Å². The van der Waals surface area contributed by atoms with Gasteiger partial charge in [-0.2, -0.15) is 12.7 Å². The number of rotatable bonds is 7. The summed E-state index contributed by atoms with van der Waals surface area (Å²) in [5.41, 5.74) is 0.312. The number of morpholine rings is 1. The largest absolute Gasteiger partial charge is 0.378 e. The van der Waals surface area contributed by atoms with Crippen LogP contribution in [0.3, 0.4) is 0 Å². The van der Waals surface area contributed by atoms with Crippen LogP contribution in [-0.2, 0) is 14.9 Å². The molecule has 1 aromatic carbocycles. The molecule has 1 aliphatic rings. The van der Waals surface area contributed by atoms with Crippen molar-refractivity contribution in [2.24, 2.45) is 0 Å². The zero-order valence-electron chi connectivity index (χ0n) is 13.6. The quantitative estimate of drug-likeness (QED) is 0.426. The molecule has 1 aliphatic heterocycles. The van der Waals surface area contributed by atoms with Crippen LogP contribution in [0.25, 0.3) is 0 Å². The fraction of sp³-hybridized carbons (Fsp3) is 0.571. The molecule has 0 aliphatic carbocycles. The first-order chi connectivity index (χ1) is 11.3. The lowest BCUT2D eigenvalue weighted by Crippen LogP contribution is -2.52. The Morgan fingerprint density at radius 3 is 2.50 bits per heavy atom. The van der Waals surface area contributed by atoms with Crippen LogP contribution in [0.15, 0.2) is 24.3 Å². The number of nitro benzene ring substituents is 1. The van der Waals surface area contributed by atoms with E-state index in [1.54, 1.807) is 18.2 Å². The minimum Gasteiger partial charge on any atom is -0.378 e. The van der Waals surface area contributed by atoms with Crippen molar-refractivity contribution in [3.05, 3.63) is 34.4 Å². The van der Waals surface area contributed by atoms with Gasteiger partial charge in [0.05, 0.1) is 17.1 Å². The first-order valence-corrected chi connectivity index (χ1v) is 9.11. The average Bonchev–Trinajstić information content (AvgIpc) is 2.51. The highest BCUT2D eigenvalue weighted by Gasteiger charge is 2.30. The number of nitrogens with zero attached hydrogens (tertiary/aromatic N) is 2. The Bertz CT molecular complexity index is 671. The van der Waals surface area contributed by atoms with Gasteiger partial charge in [-0.3, -0.25) is 10.1 Å². The van der Waals surface area contributed by atoms with Gasteiger partial charge in [0.15, 0.2) is 0 Å². The highest BCUT2D eigenvalue weighted by atomic mass is 32.2. The maximum Gasteiger partial charge on any atom is 0.292 e. The predicted octanol–water partition coefficient (Wildman–Crippen LogP) is 0.950. The van der Waals surface area contributed by atoms with Crippen molar-refractivity contribution in [1.29, 1.82) is 0 Å². The Labute approximate surface area is 141 Å². The summed E-state index contributed by atoms with van der Waals surface area (Å²) < 4.78 is 34.0. The van der Waals surface area contributed by atoms with Gasteiger partial charge in [-0.15, -0.1) is 0 Å². The fourth-order valence-electron chi connectivity index (χ4n) is 2.58. The number of benzene rings is 1. The standard InChI is InChI=1S/C14H22N4O5S/c1-11-9-17(10-12(2)23-11)24(21,22)16-8-7-15-13-5-3-4-6-14(13)18(19)20/h3-6,11-12,15-16H,7-10H2,1-2H3/t11-,12-/m1/s1. The second-order valence-electron chi connectivity index (χ2n) is 5.67. The first kappa shape index (κ1) is 18.6. The van der Waals surface area contributed by atoms with Crippen molar-refractivity contribution < 1.29 is 18.1 Å². The average molecular weight is 358 g/mol. The molecule has 24 heavy (non-hydrogen) atoms. The molecule has 1 saturated heterocycles. The molecule has 0 saturated carbocycles. The number of anilines is 1. The molecule has 1 fully saturated rings. The zero-order valence-corrected chi connectivity index (χ0v) is 14.5. The molecule has 9 nitrogen and oxygen atoms in total. The topological polar surface area (TPSA) is 114 Å². The molecular formula is C14H22N4O5S. The van der Waals surface area contributed by atoms with E-state index in [-0.39, 0.29) is 31.0 Å². The van der Waals surface area contributed by atoms with Crippen molar-refractivity contribution >= 4 is 21.6 Å². The van der Waals surface area contributed by atoms with E-state index in [1.807, 2.05) is 13.8 Å². The lowest BCUT2D eigenvalue weighted by molar-refractivity contribution is -0.384. The van der Waals surface area contributed by atoms with Gasteiger partial charge in [-0.1, -0.05) is 12.1 Å². The molecule has 0 radical (unpaired) electrons. The normalized spacial score (nSPS) is 22.2. The number of ether oxygens (including phenoxy) is 1. The zero-order chi connectivity index (χ0) is 17.7. The summed E-state index contributed by atoms with van der Waals surface area (Å²) in [7, 11) is -3.60. The highest BCUT2D eigenvalue weighted by molar-refractivity contribution is 7.87. The maximum absolute atomic E-state index is 12.3. The van der Waals surface area contributed by atoms with Crippen molar-refractivity contribution in [3.8, 4) is 0 Å². The van der Waals surface area contributed by atoms with Gasteiger partial charge in [-0.25, -0.2) is 4.72 Å². The lowest BCUT2D eigenvalue weighted by Gasteiger charge is -2.34. The maximum atomic E-state index is 12.3. The molecule has 0 aromatic heterocycles. The van der Waals surface area contributed by atoms with Crippen molar-refractivity contribution in [3.63, 3.8) is 0 Å². The minimum absolute atomic E-state index is 0.0452. The molecule has 10 heteroatoms. The molecule has 0 bridgehead atoms. The summed E-state index contributed by atoms with van der Waals surface area (Å²) >= 11 is 0. The van der Waals surface area contributed by atoms with Gasteiger partial charge in [0, 0.05) is 32.2 Å². The second kappa shape index (κ2) is 7.88. The Hall–Kier alpha value is -1.75. The second-order valence-corrected chi connectivity index (χ2v) is 7.43. The molecule has 1 heterocycles. The third-order valence-electron chi connectivity index (χ3n) is 3.55. The smallest absolute Gasteiger partial charge is 0.292 e. The van der Waals surface area contributed by atoms with Gasteiger partial charge in [0.2, 0.25) is 0 Å². The molecular weight excluding hydrogens is 336 g/mol. The first-order valence-electron chi connectivity index (χ1n) is 7.67. The summed E-state index contributed by atoms with van der Waals surface area (Å²) in [6.07, 6.45) is -0.314. The van der Waals surface area contributed by atoms with E-state index in [1.165, 1.54) is 10.4 Å².